The molecule has 0 saturated heterocycles. The van der Waals surface area contributed by atoms with Crippen molar-refractivity contribution >= 4 is 95.0 Å². The molecule has 77 heavy (non-hydrogen) atoms. The smallest absolute Gasteiger partial charge is 0.264 e. The monoisotopic (exact) mass is 1030 g/mol. The van der Waals surface area contributed by atoms with E-state index in [9.17, 15) is 0 Å². The van der Waals surface area contributed by atoms with Gasteiger partial charge in [-0.1, -0.05) is 186 Å². The maximum absolute atomic E-state index is 2.72. The first-order chi connectivity index (χ1) is 35.8. The molecule has 0 unspecified atom stereocenters. The van der Waals surface area contributed by atoms with Crippen molar-refractivity contribution in [2.75, 3.05) is 14.7 Å². The van der Waals surface area contributed by atoms with Crippen LogP contribution in [0, 0.1) is 0 Å². The summed E-state index contributed by atoms with van der Waals surface area (Å²) in [6.07, 6.45) is 2.35. The molecule has 0 radical (unpaired) electrons. The molecule has 0 saturated carbocycles. The molecule has 3 aliphatic rings. The highest BCUT2D eigenvalue weighted by atomic mass is 32.1. The first-order valence-corrected chi connectivity index (χ1v) is 29.4. The van der Waals surface area contributed by atoms with E-state index in [1.807, 2.05) is 11.3 Å². The molecule has 0 spiro atoms. The zero-order valence-electron chi connectivity index (χ0n) is 50.0. The van der Waals surface area contributed by atoms with Gasteiger partial charge in [0.2, 0.25) is 0 Å². The second kappa shape index (κ2) is 17.7. The van der Waals surface area contributed by atoms with Crippen molar-refractivity contribution in [2.24, 2.45) is 0 Å². The van der Waals surface area contributed by atoms with Crippen molar-refractivity contribution in [2.45, 2.75) is 182 Å². The van der Waals surface area contributed by atoms with Gasteiger partial charge in [-0.2, -0.15) is 0 Å². The summed E-state index contributed by atoms with van der Waals surface area (Å²) in [7, 11) is 0. The van der Waals surface area contributed by atoms with E-state index in [0.29, 0.717) is 0 Å². The van der Waals surface area contributed by atoms with Gasteiger partial charge >= 0.3 is 0 Å². The third-order valence-electron chi connectivity index (χ3n) is 17.7. The number of benzene rings is 7. The highest BCUT2D eigenvalue weighted by Gasteiger charge is 2.47. The van der Waals surface area contributed by atoms with Gasteiger partial charge < -0.3 is 14.7 Å². The second-order valence-corrected chi connectivity index (χ2v) is 30.6. The van der Waals surface area contributed by atoms with Crippen LogP contribution in [0.2, 0.25) is 0 Å². The van der Waals surface area contributed by atoms with Crippen LogP contribution in [0.5, 0.6) is 0 Å². The van der Waals surface area contributed by atoms with Crippen molar-refractivity contribution in [1.82, 2.24) is 0 Å². The van der Waals surface area contributed by atoms with Gasteiger partial charge in [-0.25, -0.2) is 0 Å². The highest BCUT2D eigenvalue weighted by Crippen LogP contribution is 2.53. The Morgan fingerprint density at radius 2 is 0.870 bits per heavy atom. The molecule has 0 amide bonds. The number of rotatable bonds is 5. The van der Waals surface area contributed by atoms with Crippen LogP contribution in [0.3, 0.4) is 0 Å². The van der Waals surface area contributed by atoms with E-state index in [0.717, 1.165) is 17.1 Å². The predicted octanol–water partition coefficient (Wildman–Crippen LogP) is 19.3. The first kappa shape index (κ1) is 53.0. The zero-order chi connectivity index (χ0) is 55.3. The minimum absolute atomic E-state index is 0.0107. The lowest BCUT2D eigenvalue weighted by atomic mass is 9.36. The lowest BCUT2D eigenvalue weighted by molar-refractivity contribution is 0.332. The Labute approximate surface area is 467 Å². The largest absolute Gasteiger partial charge is 0.311 e. The molecule has 8 aromatic rings. The minimum atomic E-state index is -0.149. The molecule has 0 atom stereocenters. The van der Waals surface area contributed by atoms with Gasteiger partial charge in [0.05, 0.1) is 5.69 Å². The fraction of sp³-hybridized carbons (Fsp3) is 0.389. The van der Waals surface area contributed by atoms with Crippen molar-refractivity contribution in [1.29, 1.82) is 0 Å². The molecular weight excluding hydrogens is 950 g/mol. The maximum atomic E-state index is 2.72. The van der Waals surface area contributed by atoms with Crippen LogP contribution in [-0.2, 0) is 37.9 Å². The van der Waals surface area contributed by atoms with Crippen LogP contribution in [0.25, 0.3) is 10.1 Å². The molecule has 5 heteroatoms. The molecule has 0 fully saturated rings. The summed E-state index contributed by atoms with van der Waals surface area (Å²) in [6, 6.07) is 55.5. The van der Waals surface area contributed by atoms with E-state index in [1.54, 1.807) is 0 Å². The number of nitrogens with zero attached hydrogens (tertiary/aromatic N) is 3. The number of hydrogen-bond donors (Lipinski definition) is 0. The maximum Gasteiger partial charge on any atom is 0.264 e. The lowest BCUT2D eigenvalue weighted by Crippen LogP contribution is -2.60. The molecule has 1 aromatic heterocycles. The first-order valence-electron chi connectivity index (χ1n) is 28.6. The SMILES string of the molecule is CC(C)(C)c1ccc(N(c2ccc(C(C)(C)C)cc2)c2ccc3c(c2)N(c2ccc(C(C)(C)C)cc2)c2cc(C(C)(C)C)cc4c2B3c2sc3ccc(C(C)(C)C)cc3c2N4c2ccc3c(c2)C(C)(C)CCC3(C)C)cc1. The molecule has 1 aliphatic carbocycles. The molecule has 3 heterocycles. The predicted molar refractivity (Wildman–Crippen MR) is 339 cm³/mol. The van der Waals surface area contributed by atoms with Crippen LogP contribution >= 0.6 is 11.3 Å². The summed E-state index contributed by atoms with van der Waals surface area (Å²) in [6.45, 7) is 44.8. The number of anilines is 9. The van der Waals surface area contributed by atoms with E-state index in [1.165, 1.54) is 112 Å². The zero-order valence-corrected chi connectivity index (χ0v) is 50.8. The van der Waals surface area contributed by atoms with Gasteiger partial charge in [0.1, 0.15) is 0 Å². The molecule has 11 rings (SSSR count). The highest BCUT2D eigenvalue weighted by molar-refractivity contribution is 7.33. The summed E-state index contributed by atoms with van der Waals surface area (Å²) >= 11 is 2.00. The minimum Gasteiger partial charge on any atom is -0.311 e. The van der Waals surface area contributed by atoms with E-state index < -0.39 is 0 Å². The Morgan fingerprint density at radius 1 is 0.416 bits per heavy atom. The van der Waals surface area contributed by atoms with Crippen LogP contribution < -0.4 is 30.4 Å². The van der Waals surface area contributed by atoms with Gasteiger partial charge in [0.25, 0.3) is 6.71 Å². The lowest BCUT2D eigenvalue weighted by Gasteiger charge is -2.45. The number of hydrogen-bond acceptors (Lipinski definition) is 4. The van der Waals surface area contributed by atoms with Gasteiger partial charge in [0, 0.05) is 60.4 Å². The molecular formula is C72H84BN3S. The average Bonchev–Trinajstić information content (AvgIpc) is 3.94. The summed E-state index contributed by atoms with van der Waals surface area (Å²) in [5.74, 6) is 0. The van der Waals surface area contributed by atoms with Crippen molar-refractivity contribution < 1.29 is 0 Å². The molecule has 0 N–H and O–H groups in total. The summed E-state index contributed by atoms with van der Waals surface area (Å²) in [4.78, 5) is 7.83. The molecule has 2 aliphatic heterocycles. The van der Waals surface area contributed by atoms with Gasteiger partial charge in [-0.05, 0) is 186 Å². The van der Waals surface area contributed by atoms with Crippen LogP contribution in [0.15, 0.2) is 140 Å². The summed E-state index contributed by atoms with van der Waals surface area (Å²) < 4.78 is 2.74. The van der Waals surface area contributed by atoms with Crippen LogP contribution in [0.1, 0.15) is 183 Å². The van der Waals surface area contributed by atoms with E-state index in [-0.39, 0.29) is 44.6 Å². The Bertz CT molecular complexity index is 3540. The number of fused-ring (bicyclic) bond motifs is 7. The van der Waals surface area contributed by atoms with Crippen LogP contribution in [-0.4, -0.2) is 6.71 Å². The van der Waals surface area contributed by atoms with Gasteiger partial charge in [-0.15, -0.1) is 11.3 Å². The van der Waals surface area contributed by atoms with E-state index in [4.69, 9.17) is 0 Å². The van der Waals surface area contributed by atoms with E-state index in [2.05, 4.69) is 286 Å². The van der Waals surface area contributed by atoms with Crippen molar-refractivity contribution in [3.05, 3.63) is 178 Å². The standard InChI is InChI=1S/C72H84BN3S/c1-66(2,3)45-20-27-50(28-21-45)74(51-29-22-46(23-30-51)67(4,5)6)54-34-36-58-59(44-54)75(52-31-24-47(25-32-52)68(7,8)9)60-41-49(70(13,14)15)42-61-63(60)73(58)65-64(55-40-48(69(10,11)12)26-37-62(55)77-65)76(61)53-33-35-56-57(43-53)72(18,19)39-38-71(56,16)17/h20-37,40-44H,38-39H2,1-19H3. The summed E-state index contributed by atoms with van der Waals surface area (Å²) in [5.41, 5.74) is 23.3. The third-order valence-corrected chi connectivity index (χ3v) is 18.9. The Balaban J connectivity index is 1.24. The Morgan fingerprint density at radius 3 is 1.39 bits per heavy atom. The normalized spacial score (nSPS) is 16.0. The molecule has 3 nitrogen and oxygen atoms in total. The quantitative estimate of drug-likeness (QED) is 0.159. The fourth-order valence-corrected chi connectivity index (χ4v) is 13.8. The average molecular weight is 1030 g/mol. The molecule has 396 valence electrons. The Hall–Kier alpha value is -6.04. The molecule has 0 bridgehead atoms. The summed E-state index contributed by atoms with van der Waals surface area (Å²) in [5, 5.41) is 1.34. The topological polar surface area (TPSA) is 9.72 Å². The third kappa shape index (κ3) is 9.15. The van der Waals surface area contributed by atoms with Crippen molar-refractivity contribution in [3.63, 3.8) is 0 Å². The van der Waals surface area contributed by atoms with Gasteiger partial charge in [-0.3, -0.25) is 0 Å². The fourth-order valence-electron chi connectivity index (χ4n) is 12.5. The second-order valence-electron chi connectivity index (χ2n) is 29.5. The van der Waals surface area contributed by atoms with E-state index >= 15 is 0 Å². The number of thiophene rings is 1. The Kier molecular flexibility index (Phi) is 12.2. The molecule has 7 aromatic carbocycles. The van der Waals surface area contributed by atoms with Crippen LogP contribution in [0.4, 0.5) is 51.2 Å². The van der Waals surface area contributed by atoms with Gasteiger partial charge in [0.15, 0.2) is 0 Å². The van der Waals surface area contributed by atoms with Crippen molar-refractivity contribution in [3.8, 4) is 0 Å².